The predicted octanol–water partition coefficient (Wildman–Crippen LogP) is 4.70. The summed E-state index contributed by atoms with van der Waals surface area (Å²) in [6.45, 7) is 4.31. The van der Waals surface area contributed by atoms with Crippen LogP contribution in [-0.4, -0.2) is 34.1 Å². The van der Waals surface area contributed by atoms with Gasteiger partial charge in [-0.2, -0.15) is 0 Å². The number of nitrogens with one attached hydrogen (secondary N) is 1. The van der Waals surface area contributed by atoms with Gasteiger partial charge in [0, 0.05) is 6.07 Å². The number of carbonyl (C=O) groups excluding carboxylic acids is 1. The Morgan fingerprint density at radius 1 is 0.972 bits per heavy atom. The molecule has 0 fully saturated rings. The molecule has 1 aliphatic rings. The van der Waals surface area contributed by atoms with Gasteiger partial charge in [0.25, 0.3) is 10.0 Å². The summed E-state index contributed by atoms with van der Waals surface area (Å²) in [6, 6.07) is 18.5. The van der Waals surface area contributed by atoms with Gasteiger partial charge in [0.1, 0.15) is 25.6 Å². The van der Waals surface area contributed by atoms with Crippen molar-refractivity contribution in [1.29, 1.82) is 0 Å². The highest BCUT2D eigenvalue weighted by Gasteiger charge is 2.30. The van der Waals surface area contributed by atoms with Crippen molar-refractivity contribution in [2.75, 3.05) is 24.1 Å². The highest BCUT2D eigenvalue weighted by Crippen LogP contribution is 2.34. The molecule has 9 heteroatoms. The number of rotatable bonds is 9. The van der Waals surface area contributed by atoms with Gasteiger partial charge in [0.2, 0.25) is 5.91 Å². The molecule has 0 saturated heterocycles. The Morgan fingerprint density at radius 3 is 2.31 bits per heavy atom. The van der Waals surface area contributed by atoms with Crippen LogP contribution in [-0.2, 0) is 14.8 Å². The highest BCUT2D eigenvalue weighted by atomic mass is 32.2. The van der Waals surface area contributed by atoms with Crippen molar-refractivity contribution in [3.8, 4) is 11.5 Å². The Balaban J connectivity index is 1.64. The molecular formula is C27H29FN2O5S. The molecule has 0 aliphatic carbocycles. The second-order valence-electron chi connectivity index (χ2n) is 8.95. The monoisotopic (exact) mass is 512 g/mol. The molecule has 1 amide bonds. The van der Waals surface area contributed by atoms with Gasteiger partial charge in [0.15, 0.2) is 11.5 Å². The van der Waals surface area contributed by atoms with Gasteiger partial charge in [-0.1, -0.05) is 44.2 Å². The van der Waals surface area contributed by atoms with E-state index in [4.69, 9.17) is 9.47 Å². The zero-order valence-electron chi connectivity index (χ0n) is 20.2. The minimum Gasteiger partial charge on any atom is -0.486 e. The average Bonchev–Trinajstić information content (AvgIpc) is 2.87. The third kappa shape index (κ3) is 5.96. The van der Waals surface area contributed by atoms with Crippen molar-refractivity contribution in [1.82, 2.24) is 5.32 Å². The van der Waals surface area contributed by atoms with Crippen molar-refractivity contribution in [3.05, 3.63) is 84.2 Å². The van der Waals surface area contributed by atoms with E-state index >= 15 is 0 Å². The molecule has 4 rings (SSSR count). The summed E-state index contributed by atoms with van der Waals surface area (Å²) in [6.07, 6.45) is 0.682. The molecule has 0 bridgehead atoms. The maximum Gasteiger partial charge on any atom is 0.264 e. The number of halogens is 1. The Morgan fingerprint density at radius 2 is 1.64 bits per heavy atom. The van der Waals surface area contributed by atoms with Gasteiger partial charge < -0.3 is 14.8 Å². The van der Waals surface area contributed by atoms with Crippen molar-refractivity contribution in [2.24, 2.45) is 5.92 Å². The smallest absolute Gasteiger partial charge is 0.264 e. The van der Waals surface area contributed by atoms with E-state index in [1.54, 1.807) is 0 Å². The fourth-order valence-corrected chi connectivity index (χ4v) is 5.48. The van der Waals surface area contributed by atoms with Crippen LogP contribution in [0.25, 0.3) is 0 Å². The van der Waals surface area contributed by atoms with Gasteiger partial charge in [-0.3, -0.25) is 9.10 Å². The molecule has 3 aromatic carbocycles. The van der Waals surface area contributed by atoms with Gasteiger partial charge in [-0.25, -0.2) is 12.8 Å². The number of ether oxygens (including phenoxy) is 2. The van der Waals surface area contributed by atoms with E-state index in [1.165, 1.54) is 30.3 Å². The number of anilines is 1. The maximum absolute atomic E-state index is 13.7. The second kappa shape index (κ2) is 11.0. The van der Waals surface area contributed by atoms with Crippen LogP contribution in [0.1, 0.15) is 31.9 Å². The molecular weight excluding hydrogens is 483 g/mol. The molecule has 1 atom stereocenters. The molecule has 0 unspecified atom stereocenters. The second-order valence-corrected chi connectivity index (χ2v) is 10.8. The van der Waals surface area contributed by atoms with Gasteiger partial charge in [-0.15, -0.1) is 0 Å². The lowest BCUT2D eigenvalue weighted by atomic mass is 9.97. The summed E-state index contributed by atoms with van der Waals surface area (Å²) in [5, 5.41) is 2.99. The van der Waals surface area contributed by atoms with E-state index in [1.807, 2.05) is 30.3 Å². The van der Waals surface area contributed by atoms with Crippen LogP contribution in [0.15, 0.2) is 77.7 Å². The molecule has 1 aliphatic heterocycles. The van der Waals surface area contributed by atoms with Crippen LogP contribution < -0.4 is 19.1 Å². The number of amides is 1. The Hall–Kier alpha value is -3.59. The normalized spacial score (nSPS) is 13.8. The molecule has 1 N–H and O–H groups in total. The van der Waals surface area contributed by atoms with Crippen molar-refractivity contribution < 1.29 is 27.1 Å². The molecule has 190 valence electrons. The Kier molecular flexibility index (Phi) is 7.79. The topological polar surface area (TPSA) is 84.9 Å². The van der Waals surface area contributed by atoms with Crippen LogP contribution in [0.4, 0.5) is 10.1 Å². The highest BCUT2D eigenvalue weighted by molar-refractivity contribution is 7.92. The van der Waals surface area contributed by atoms with Gasteiger partial charge in [-0.05, 0) is 54.3 Å². The summed E-state index contributed by atoms with van der Waals surface area (Å²) < 4.78 is 53.1. The Labute approximate surface area is 210 Å². The number of benzene rings is 3. The number of sulfonamides is 1. The lowest BCUT2D eigenvalue weighted by Crippen LogP contribution is -2.42. The van der Waals surface area contributed by atoms with E-state index in [-0.39, 0.29) is 16.6 Å². The molecule has 3 aromatic rings. The van der Waals surface area contributed by atoms with Gasteiger partial charge >= 0.3 is 0 Å². The number of nitrogens with zero attached hydrogens (tertiary/aromatic N) is 1. The molecule has 0 aromatic heterocycles. The molecule has 0 radical (unpaired) electrons. The lowest BCUT2D eigenvalue weighted by Gasteiger charge is -2.27. The number of hydrogen-bond acceptors (Lipinski definition) is 5. The van der Waals surface area contributed by atoms with Crippen LogP contribution in [0.2, 0.25) is 0 Å². The van der Waals surface area contributed by atoms with E-state index in [0.29, 0.717) is 37.1 Å². The first kappa shape index (κ1) is 25.5. The standard InChI is InChI=1S/C27H29FN2O5S/c1-19(2)16-24(20-6-4-3-5-7-20)29-27(31)18-30(22-10-8-21(28)9-11-22)36(32,33)23-12-13-25-26(17-23)35-15-14-34-25/h3-13,17,19,24H,14-16,18H2,1-2H3,(H,29,31)/t24-/m1/s1. The fraction of sp³-hybridized carbons (Fsp3) is 0.296. The first-order valence-corrected chi connectivity index (χ1v) is 13.2. The quantitative estimate of drug-likeness (QED) is 0.450. The van der Waals surface area contributed by atoms with Crippen LogP contribution in [0, 0.1) is 11.7 Å². The van der Waals surface area contributed by atoms with Crippen LogP contribution in [0.5, 0.6) is 11.5 Å². The molecule has 0 saturated carbocycles. The molecule has 7 nitrogen and oxygen atoms in total. The Bertz CT molecular complexity index is 1300. The first-order valence-electron chi connectivity index (χ1n) is 11.8. The van der Waals surface area contributed by atoms with Gasteiger partial charge in [0.05, 0.1) is 16.6 Å². The van der Waals surface area contributed by atoms with Crippen LogP contribution >= 0.6 is 0 Å². The fourth-order valence-electron chi connectivity index (χ4n) is 4.04. The number of fused-ring (bicyclic) bond motifs is 1. The average molecular weight is 513 g/mol. The summed E-state index contributed by atoms with van der Waals surface area (Å²) in [4.78, 5) is 13.2. The molecule has 36 heavy (non-hydrogen) atoms. The summed E-state index contributed by atoms with van der Waals surface area (Å²) in [5.41, 5.74) is 1.10. The van der Waals surface area contributed by atoms with Crippen molar-refractivity contribution >= 4 is 21.6 Å². The SMILES string of the molecule is CC(C)C[C@@H](NC(=O)CN(c1ccc(F)cc1)S(=O)(=O)c1ccc2c(c1)OCCO2)c1ccccc1. The minimum atomic E-state index is -4.20. The third-order valence-corrected chi connectivity index (χ3v) is 7.52. The number of hydrogen-bond donors (Lipinski definition) is 1. The lowest BCUT2D eigenvalue weighted by molar-refractivity contribution is -0.120. The minimum absolute atomic E-state index is 0.0642. The summed E-state index contributed by atoms with van der Waals surface area (Å²) in [7, 11) is -4.20. The molecule has 0 spiro atoms. The maximum atomic E-state index is 13.7. The zero-order chi connectivity index (χ0) is 25.7. The largest absolute Gasteiger partial charge is 0.486 e. The van der Waals surface area contributed by atoms with E-state index in [0.717, 1.165) is 22.0 Å². The summed E-state index contributed by atoms with van der Waals surface area (Å²) in [5.74, 6) is 0.0682. The van der Waals surface area contributed by atoms with Crippen molar-refractivity contribution in [2.45, 2.75) is 31.2 Å². The van der Waals surface area contributed by atoms with E-state index in [2.05, 4.69) is 19.2 Å². The van der Waals surface area contributed by atoms with Crippen molar-refractivity contribution in [3.63, 3.8) is 0 Å². The number of carbonyl (C=O) groups is 1. The van der Waals surface area contributed by atoms with Crippen LogP contribution in [0.3, 0.4) is 0 Å². The summed E-state index contributed by atoms with van der Waals surface area (Å²) >= 11 is 0. The predicted molar refractivity (Wildman–Crippen MR) is 135 cm³/mol. The third-order valence-electron chi connectivity index (χ3n) is 5.75. The van der Waals surface area contributed by atoms with E-state index < -0.39 is 28.3 Å². The molecule has 1 heterocycles. The first-order chi connectivity index (χ1) is 17.2. The van der Waals surface area contributed by atoms with E-state index in [9.17, 15) is 17.6 Å². The zero-order valence-corrected chi connectivity index (χ0v) is 21.0.